The fourth-order valence-electron chi connectivity index (χ4n) is 1.69. The molecule has 0 spiro atoms. The molecule has 0 saturated carbocycles. The fraction of sp³-hybridized carbons (Fsp3) is 0.533. The van der Waals surface area contributed by atoms with E-state index in [4.69, 9.17) is 26.8 Å². The van der Waals surface area contributed by atoms with E-state index in [0.717, 1.165) is 0 Å². The van der Waals surface area contributed by atoms with Gasteiger partial charge in [-0.2, -0.15) is 0 Å². The van der Waals surface area contributed by atoms with Crippen LogP contribution in [0.2, 0.25) is 5.02 Å². The highest BCUT2D eigenvalue weighted by Crippen LogP contribution is 2.24. The molecule has 0 radical (unpaired) electrons. The van der Waals surface area contributed by atoms with Crippen molar-refractivity contribution in [2.45, 2.75) is 32.8 Å². The Balaban J connectivity index is 2.22. The van der Waals surface area contributed by atoms with Crippen LogP contribution in [-0.2, 0) is 14.3 Å². The highest BCUT2D eigenvalue weighted by atomic mass is 35.5. The predicted octanol–water partition coefficient (Wildman–Crippen LogP) is 3.08. The van der Waals surface area contributed by atoms with E-state index in [-0.39, 0.29) is 12.0 Å². The molecule has 5 nitrogen and oxygen atoms in total. The van der Waals surface area contributed by atoms with Gasteiger partial charge in [-0.05, 0) is 38.5 Å². The highest BCUT2D eigenvalue weighted by Gasteiger charge is 2.07. The maximum atomic E-state index is 11.8. The number of nitrogens with one attached hydrogen (secondary N) is 1. The van der Waals surface area contributed by atoms with E-state index in [0.29, 0.717) is 49.1 Å². The Morgan fingerprint density at radius 1 is 1.48 bits per heavy atom. The predicted molar refractivity (Wildman–Crippen MR) is 85.6 cm³/mol. The number of ether oxygens (including phenoxy) is 2. The summed E-state index contributed by atoms with van der Waals surface area (Å²) in [7, 11) is 0. The van der Waals surface area contributed by atoms with Gasteiger partial charge in [0.25, 0.3) is 0 Å². The summed E-state index contributed by atoms with van der Waals surface area (Å²) in [5.74, 6) is -0.0947. The van der Waals surface area contributed by atoms with Crippen LogP contribution >= 0.6 is 11.6 Å². The summed E-state index contributed by atoms with van der Waals surface area (Å²) < 4.78 is 10.8. The van der Waals surface area contributed by atoms with E-state index in [1.807, 2.05) is 13.8 Å². The van der Waals surface area contributed by atoms with E-state index < -0.39 is 0 Å². The minimum Gasteiger partial charge on any atom is -0.399 e. The Hall–Kier alpha value is -1.30. The second-order valence-electron chi connectivity index (χ2n) is 4.73. The smallest absolute Gasteiger partial charge is 0.224 e. The van der Waals surface area contributed by atoms with E-state index in [9.17, 15) is 4.79 Å². The molecule has 0 aliphatic carbocycles. The molecule has 1 amide bonds. The third-order valence-electron chi connectivity index (χ3n) is 2.77. The molecule has 1 aromatic rings. The molecule has 1 rings (SSSR count). The van der Waals surface area contributed by atoms with Gasteiger partial charge in [0.2, 0.25) is 5.91 Å². The molecular formula is C15H23ClN2O3. The quantitative estimate of drug-likeness (QED) is 0.542. The van der Waals surface area contributed by atoms with Crippen molar-refractivity contribution >= 4 is 28.9 Å². The van der Waals surface area contributed by atoms with Gasteiger partial charge in [-0.1, -0.05) is 11.6 Å². The molecule has 6 heteroatoms. The summed E-state index contributed by atoms with van der Waals surface area (Å²) in [6.07, 6.45) is 1.07. The minimum absolute atomic E-state index is 0.0413. The standard InChI is InChI=1S/C15H23ClN2O3/c1-3-20-10-11(2)21-8-4-5-15(19)18-14-7-6-12(17)9-13(14)16/h6-7,9,11H,3-5,8,10,17H2,1-2H3,(H,18,19). The molecule has 0 heterocycles. The molecule has 3 N–H and O–H groups in total. The van der Waals surface area contributed by atoms with Crippen molar-refractivity contribution in [2.75, 3.05) is 30.9 Å². The topological polar surface area (TPSA) is 73.6 Å². The molecule has 1 aromatic carbocycles. The van der Waals surface area contributed by atoms with Gasteiger partial charge in [-0.25, -0.2) is 0 Å². The van der Waals surface area contributed by atoms with Crippen LogP contribution in [0.25, 0.3) is 0 Å². The average molecular weight is 315 g/mol. The number of amides is 1. The van der Waals surface area contributed by atoms with Crippen molar-refractivity contribution < 1.29 is 14.3 Å². The number of carbonyl (C=O) groups is 1. The number of hydrogen-bond donors (Lipinski definition) is 2. The second kappa shape index (κ2) is 9.60. The molecular weight excluding hydrogens is 292 g/mol. The van der Waals surface area contributed by atoms with Crippen LogP contribution in [-0.4, -0.2) is 31.8 Å². The molecule has 21 heavy (non-hydrogen) atoms. The Bertz CT molecular complexity index is 455. The van der Waals surface area contributed by atoms with Crippen LogP contribution < -0.4 is 11.1 Å². The van der Waals surface area contributed by atoms with Gasteiger partial charge in [0.1, 0.15) is 0 Å². The molecule has 0 bridgehead atoms. The Kier molecular flexibility index (Phi) is 8.12. The first-order valence-electron chi connectivity index (χ1n) is 7.07. The summed E-state index contributed by atoms with van der Waals surface area (Å²) in [4.78, 5) is 11.8. The zero-order chi connectivity index (χ0) is 15.7. The Labute approximate surface area is 130 Å². The summed E-state index contributed by atoms with van der Waals surface area (Å²) in [6, 6.07) is 4.99. The number of rotatable bonds is 9. The van der Waals surface area contributed by atoms with Gasteiger partial charge in [0, 0.05) is 25.3 Å². The van der Waals surface area contributed by atoms with Crippen LogP contribution in [0.1, 0.15) is 26.7 Å². The first kappa shape index (κ1) is 17.8. The van der Waals surface area contributed by atoms with Crippen LogP contribution in [0.4, 0.5) is 11.4 Å². The lowest BCUT2D eigenvalue weighted by atomic mass is 10.2. The van der Waals surface area contributed by atoms with E-state index in [2.05, 4.69) is 5.32 Å². The van der Waals surface area contributed by atoms with Crippen LogP contribution in [0.15, 0.2) is 18.2 Å². The van der Waals surface area contributed by atoms with Crippen LogP contribution in [0.3, 0.4) is 0 Å². The molecule has 0 aliphatic rings. The molecule has 1 atom stereocenters. The van der Waals surface area contributed by atoms with E-state index in [1.165, 1.54) is 0 Å². The molecule has 0 aromatic heterocycles. The maximum absolute atomic E-state index is 11.8. The number of halogens is 1. The van der Waals surface area contributed by atoms with Gasteiger partial charge >= 0.3 is 0 Å². The summed E-state index contributed by atoms with van der Waals surface area (Å²) in [5.41, 5.74) is 6.73. The first-order chi connectivity index (χ1) is 10.0. The van der Waals surface area contributed by atoms with Gasteiger partial charge in [0.15, 0.2) is 0 Å². The highest BCUT2D eigenvalue weighted by molar-refractivity contribution is 6.34. The number of anilines is 2. The van der Waals surface area contributed by atoms with Gasteiger partial charge in [0.05, 0.1) is 23.4 Å². The molecule has 0 saturated heterocycles. The normalized spacial score (nSPS) is 12.1. The van der Waals surface area contributed by atoms with Crippen LogP contribution in [0.5, 0.6) is 0 Å². The van der Waals surface area contributed by atoms with E-state index in [1.54, 1.807) is 18.2 Å². The summed E-state index contributed by atoms with van der Waals surface area (Å²) >= 11 is 5.99. The average Bonchev–Trinajstić information content (AvgIpc) is 2.44. The zero-order valence-electron chi connectivity index (χ0n) is 12.5. The lowest BCUT2D eigenvalue weighted by Crippen LogP contribution is -2.18. The second-order valence-corrected chi connectivity index (χ2v) is 5.14. The third kappa shape index (κ3) is 7.32. The lowest BCUT2D eigenvalue weighted by Gasteiger charge is -2.12. The SMILES string of the molecule is CCOCC(C)OCCCC(=O)Nc1ccc(N)cc1Cl. The largest absolute Gasteiger partial charge is 0.399 e. The van der Waals surface area contributed by atoms with E-state index >= 15 is 0 Å². The fourth-order valence-corrected chi connectivity index (χ4v) is 1.93. The van der Waals surface area contributed by atoms with Crippen molar-refractivity contribution in [1.82, 2.24) is 0 Å². The molecule has 0 fully saturated rings. The zero-order valence-corrected chi connectivity index (χ0v) is 13.3. The van der Waals surface area contributed by atoms with Gasteiger partial charge < -0.3 is 20.5 Å². The minimum atomic E-state index is -0.0947. The number of carbonyl (C=O) groups excluding carboxylic acids is 1. The summed E-state index contributed by atoms with van der Waals surface area (Å²) in [5, 5.41) is 3.19. The van der Waals surface area contributed by atoms with Crippen molar-refractivity contribution in [1.29, 1.82) is 0 Å². The van der Waals surface area contributed by atoms with Crippen molar-refractivity contribution in [3.8, 4) is 0 Å². The van der Waals surface area contributed by atoms with Crippen molar-refractivity contribution in [2.24, 2.45) is 0 Å². The first-order valence-corrected chi connectivity index (χ1v) is 7.45. The Morgan fingerprint density at radius 3 is 2.90 bits per heavy atom. The Morgan fingerprint density at radius 2 is 2.24 bits per heavy atom. The van der Waals surface area contributed by atoms with Gasteiger partial charge in [-0.3, -0.25) is 4.79 Å². The van der Waals surface area contributed by atoms with Crippen LogP contribution in [0, 0.1) is 0 Å². The van der Waals surface area contributed by atoms with Gasteiger partial charge in [-0.15, -0.1) is 0 Å². The monoisotopic (exact) mass is 314 g/mol. The maximum Gasteiger partial charge on any atom is 0.224 e. The third-order valence-corrected chi connectivity index (χ3v) is 3.09. The number of benzene rings is 1. The molecule has 0 aliphatic heterocycles. The molecule has 118 valence electrons. The van der Waals surface area contributed by atoms with Crippen molar-refractivity contribution in [3.05, 3.63) is 23.2 Å². The number of nitrogen functional groups attached to an aromatic ring is 1. The number of nitrogens with two attached hydrogens (primary N) is 1. The lowest BCUT2D eigenvalue weighted by molar-refractivity contribution is -0.116. The molecule has 1 unspecified atom stereocenters. The van der Waals surface area contributed by atoms with Crippen molar-refractivity contribution in [3.63, 3.8) is 0 Å². The summed E-state index contributed by atoms with van der Waals surface area (Å²) in [6.45, 7) is 5.67. The number of hydrogen-bond acceptors (Lipinski definition) is 4.